The monoisotopic (exact) mass is 271 g/mol. The van der Waals surface area contributed by atoms with Gasteiger partial charge in [-0.05, 0) is 0 Å². The number of ether oxygens (including phenoxy) is 1. The number of aryl methyl sites for hydroxylation is 1. The summed E-state index contributed by atoms with van der Waals surface area (Å²) in [5.74, 6) is 0.534. The number of fused-ring (bicyclic) bond motifs is 2. The van der Waals surface area contributed by atoms with Crippen LogP contribution in [0.5, 0.6) is 0 Å². The van der Waals surface area contributed by atoms with Gasteiger partial charge in [-0.25, -0.2) is 9.55 Å². The van der Waals surface area contributed by atoms with Crippen molar-refractivity contribution in [2.24, 2.45) is 0 Å². The van der Waals surface area contributed by atoms with Crippen molar-refractivity contribution in [2.45, 2.75) is 13.5 Å². The Morgan fingerprint density at radius 2 is 1.80 bits per heavy atom. The number of ketones is 2. The molecule has 0 fully saturated rings. The molecule has 1 heterocycles. The predicted molar refractivity (Wildman–Crippen MR) is 70.9 cm³/mol. The predicted octanol–water partition coefficient (Wildman–Crippen LogP) is 1.03. The van der Waals surface area contributed by atoms with Gasteiger partial charge in [0.1, 0.15) is 6.54 Å². The maximum Gasteiger partial charge on any atom is 0.252 e. The third-order valence-corrected chi connectivity index (χ3v) is 3.59. The summed E-state index contributed by atoms with van der Waals surface area (Å²) >= 11 is 0. The van der Waals surface area contributed by atoms with Gasteiger partial charge in [-0.3, -0.25) is 9.59 Å². The second-order valence-corrected chi connectivity index (χ2v) is 4.78. The molecule has 20 heavy (non-hydrogen) atoms. The van der Waals surface area contributed by atoms with Crippen LogP contribution in [0.3, 0.4) is 0 Å². The SMILES string of the molecule is COCC[n+]1c(C)[nH]c2c1C(=O)c1ccccc1C2=O. The lowest BCUT2D eigenvalue weighted by Gasteiger charge is -2.11. The Kier molecular flexibility index (Phi) is 2.99. The Labute approximate surface area is 116 Å². The molecule has 1 aromatic carbocycles. The van der Waals surface area contributed by atoms with Crippen LogP contribution in [0.25, 0.3) is 0 Å². The summed E-state index contributed by atoms with van der Waals surface area (Å²) in [4.78, 5) is 28.1. The average Bonchev–Trinajstić information content (AvgIpc) is 2.80. The molecule has 5 nitrogen and oxygen atoms in total. The van der Waals surface area contributed by atoms with Crippen LogP contribution in [0.15, 0.2) is 24.3 Å². The van der Waals surface area contributed by atoms with Crippen molar-refractivity contribution in [1.29, 1.82) is 0 Å². The number of aromatic nitrogens is 2. The number of H-pyrrole nitrogens is 1. The first-order valence-electron chi connectivity index (χ1n) is 6.45. The fraction of sp³-hybridized carbons (Fsp3) is 0.267. The van der Waals surface area contributed by atoms with Crippen LogP contribution in [-0.4, -0.2) is 30.3 Å². The van der Waals surface area contributed by atoms with Gasteiger partial charge in [-0.1, -0.05) is 24.3 Å². The van der Waals surface area contributed by atoms with Crippen molar-refractivity contribution in [1.82, 2.24) is 4.98 Å². The van der Waals surface area contributed by atoms with Gasteiger partial charge in [-0.15, -0.1) is 0 Å². The van der Waals surface area contributed by atoms with E-state index in [1.165, 1.54) is 0 Å². The number of methoxy groups -OCH3 is 1. The highest BCUT2D eigenvalue weighted by atomic mass is 16.5. The van der Waals surface area contributed by atoms with Crippen LogP contribution in [0, 0.1) is 6.92 Å². The lowest BCUT2D eigenvalue weighted by atomic mass is 9.90. The Morgan fingerprint density at radius 1 is 1.15 bits per heavy atom. The van der Waals surface area contributed by atoms with E-state index in [4.69, 9.17) is 4.74 Å². The number of nitrogens with one attached hydrogen (secondary N) is 1. The fourth-order valence-electron chi connectivity index (χ4n) is 2.61. The summed E-state index contributed by atoms with van der Waals surface area (Å²) in [6.45, 7) is 2.87. The van der Waals surface area contributed by atoms with Crippen molar-refractivity contribution in [3.05, 3.63) is 52.6 Å². The summed E-state index contributed by atoms with van der Waals surface area (Å²) in [5.41, 5.74) is 1.74. The third kappa shape index (κ3) is 1.71. The van der Waals surface area contributed by atoms with Crippen molar-refractivity contribution >= 4 is 11.6 Å². The highest BCUT2D eigenvalue weighted by Crippen LogP contribution is 2.24. The fourth-order valence-corrected chi connectivity index (χ4v) is 2.61. The minimum absolute atomic E-state index is 0.115. The van der Waals surface area contributed by atoms with Crippen molar-refractivity contribution in [2.75, 3.05) is 13.7 Å². The molecule has 0 atom stereocenters. The molecule has 1 aliphatic carbocycles. The Morgan fingerprint density at radius 3 is 2.45 bits per heavy atom. The van der Waals surface area contributed by atoms with E-state index in [-0.39, 0.29) is 11.6 Å². The van der Waals surface area contributed by atoms with Crippen LogP contribution >= 0.6 is 0 Å². The molecule has 0 saturated heterocycles. The second kappa shape index (κ2) is 4.68. The molecule has 0 saturated carbocycles. The molecule has 2 aromatic rings. The molecule has 5 heteroatoms. The standard InChI is InChI=1S/C15H14N2O3/c1-9-16-12-13(17(9)7-8-20-2)15(19)11-6-4-3-5-10(11)14(12)18/h3-6H,7-8H2,1-2H3/p+1. The van der Waals surface area contributed by atoms with Crippen LogP contribution in [0.1, 0.15) is 37.9 Å². The molecular weight excluding hydrogens is 256 g/mol. The number of carbonyl (C=O) groups is 2. The molecule has 1 aliphatic rings. The highest BCUT2D eigenvalue weighted by molar-refractivity contribution is 6.26. The number of carbonyl (C=O) groups excluding carboxylic acids is 2. The first kappa shape index (κ1) is 12.7. The molecular formula is C15H15N2O3+. The molecule has 0 amide bonds. The lowest BCUT2D eigenvalue weighted by molar-refractivity contribution is -0.704. The zero-order valence-electron chi connectivity index (χ0n) is 11.4. The van der Waals surface area contributed by atoms with Crippen LogP contribution in [-0.2, 0) is 11.3 Å². The maximum atomic E-state index is 12.6. The minimum Gasteiger partial charge on any atom is -0.381 e. The highest BCUT2D eigenvalue weighted by Gasteiger charge is 2.39. The van der Waals surface area contributed by atoms with E-state index >= 15 is 0 Å². The molecule has 0 aliphatic heterocycles. The van der Waals surface area contributed by atoms with Gasteiger partial charge in [0.05, 0.1) is 6.61 Å². The van der Waals surface area contributed by atoms with Crippen LogP contribution < -0.4 is 4.57 Å². The summed E-state index contributed by atoms with van der Waals surface area (Å²) in [6.07, 6.45) is 0. The number of rotatable bonds is 3. The molecule has 0 unspecified atom stereocenters. The molecule has 1 N–H and O–H groups in total. The molecule has 102 valence electrons. The number of hydrogen-bond donors (Lipinski definition) is 1. The van der Waals surface area contributed by atoms with E-state index < -0.39 is 0 Å². The molecule has 0 bridgehead atoms. The number of benzene rings is 1. The summed E-state index contributed by atoms with van der Waals surface area (Å²) < 4.78 is 6.88. The molecule has 0 spiro atoms. The van der Waals surface area contributed by atoms with Crippen molar-refractivity contribution in [3.8, 4) is 0 Å². The number of imidazole rings is 1. The molecule has 0 radical (unpaired) electrons. The van der Waals surface area contributed by atoms with E-state index in [1.807, 2.05) is 11.5 Å². The first-order valence-corrected chi connectivity index (χ1v) is 6.45. The normalized spacial score (nSPS) is 13.3. The summed E-state index contributed by atoms with van der Waals surface area (Å²) in [6, 6.07) is 6.92. The second-order valence-electron chi connectivity index (χ2n) is 4.78. The van der Waals surface area contributed by atoms with Gasteiger partial charge >= 0.3 is 0 Å². The van der Waals surface area contributed by atoms with Gasteiger partial charge in [-0.2, -0.15) is 0 Å². The number of nitrogens with zero attached hydrogens (tertiary/aromatic N) is 1. The van der Waals surface area contributed by atoms with Crippen LogP contribution in [0.4, 0.5) is 0 Å². The minimum atomic E-state index is -0.130. The maximum absolute atomic E-state index is 12.6. The van der Waals surface area contributed by atoms with Gasteiger partial charge < -0.3 is 4.74 Å². The smallest absolute Gasteiger partial charge is 0.252 e. The number of hydrogen-bond acceptors (Lipinski definition) is 3. The van der Waals surface area contributed by atoms with E-state index in [0.29, 0.717) is 35.7 Å². The topological polar surface area (TPSA) is 63.0 Å². The van der Waals surface area contributed by atoms with E-state index in [2.05, 4.69) is 4.98 Å². The van der Waals surface area contributed by atoms with E-state index in [1.54, 1.807) is 31.4 Å². The third-order valence-electron chi connectivity index (χ3n) is 3.59. The van der Waals surface area contributed by atoms with Gasteiger partial charge in [0.15, 0.2) is 0 Å². The van der Waals surface area contributed by atoms with E-state index in [9.17, 15) is 9.59 Å². The van der Waals surface area contributed by atoms with Gasteiger partial charge in [0.2, 0.25) is 23.0 Å². The quantitative estimate of drug-likeness (QED) is 0.724. The van der Waals surface area contributed by atoms with Crippen LogP contribution in [0.2, 0.25) is 0 Å². The van der Waals surface area contributed by atoms with Crippen molar-refractivity contribution in [3.63, 3.8) is 0 Å². The zero-order valence-corrected chi connectivity index (χ0v) is 11.4. The largest absolute Gasteiger partial charge is 0.381 e. The lowest BCUT2D eigenvalue weighted by Crippen LogP contribution is -2.44. The summed E-state index contributed by atoms with van der Waals surface area (Å²) in [7, 11) is 1.61. The number of aromatic amines is 1. The van der Waals surface area contributed by atoms with Gasteiger partial charge in [0.25, 0.3) is 5.82 Å². The van der Waals surface area contributed by atoms with Crippen molar-refractivity contribution < 1.29 is 18.9 Å². The first-order chi connectivity index (χ1) is 9.65. The zero-order chi connectivity index (χ0) is 14.3. The Balaban J connectivity index is 2.18. The Hall–Kier alpha value is -2.27. The summed E-state index contributed by atoms with van der Waals surface area (Å²) in [5, 5.41) is 0. The Bertz CT molecular complexity index is 716. The van der Waals surface area contributed by atoms with Gasteiger partial charge in [0, 0.05) is 25.2 Å². The molecule has 1 aromatic heterocycles. The average molecular weight is 271 g/mol. The van der Waals surface area contributed by atoms with E-state index in [0.717, 1.165) is 5.82 Å². The molecule has 3 rings (SSSR count).